The van der Waals surface area contributed by atoms with Crippen molar-refractivity contribution in [2.75, 3.05) is 13.2 Å². The minimum Gasteiger partial charge on any atom is -0.465 e. The molecule has 1 rings (SSSR count). The SMILES string of the molecule is CCCCCCCCOC(=O)[C@@H]1CCCN1.Cl. The standard InChI is InChI=1S/C13H25NO2.ClH/c1-2-3-4-5-6-7-11-16-13(15)12-9-8-10-14-12;/h12,14H,2-11H2,1H3;1H/t12-;/m0./s1. The summed E-state index contributed by atoms with van der Waals surface area (Å²) in [5.74, 6) is -0.0499. The van der Waals surface area contributed by atoms with Gasteiger partial charge in [0.15, 0.2) is 0 Å². The van der Waals surface area contributed by atoms with Crippen LogP contribution in [0, 0.1) is 0 Å². The Hall–Kier alpha value is -0.280. The van der Waals surface area contributed by atoms with Crippen molar-refractivity contribution in [1.82, 2.24) is 5.32 Å². The van der Waals surface area contributed by atoms with Gasteiger partial charge < -0.3 is 10.1 Å². The molecule has 102 valence electrons. The molecule has 3 nitrogen and oxygen atoms in total. The summed E-state index contributed by atoms with van der Waals surface area (Å²) in [6.45, 7) is 3.77. The highest BCUT2D eigenvalue weighted by Gasteiger charge is 2.22. The van der Waals surface area contributed by atoms with E-state index in [1.165, 1.54) is 32.1 Å². The van der Waals surface area contributed by atoms with Gasteiger partial charge in [0.05, 0.1) is 6.61 Å². The van der Waals surface area contributed by atoms with E-state index in [2.05, 4.69) is 12.2 Å². The maximum atomic E-state index is 11.5. The molecule has 1 atom stereocenters. The van der Waals surface area contributed by atoms with Crippen molar-refractivity contribution in [3.8, 4) is 0 Å². The van der Waals surface area contributed by atoms with E-state index >= 15 is 0 Å². The molecule has 0 amide bonds. The Labute approximate surface area is 111 Å². The second-order valence-electron chi connectivity index (χ2n) is 4.58. The molecule has 0 aliphatic carbocycles. The van der Waals surface area contributed by atoms with Crippen LogP contribution in [-0.2, 0) is 9.53 Å². The predicted molar refractivity (Wildman–Crippen MR) is 72.6 cm³/mol. The Morgan fingerprint density at radius 3 is 2.59 bits per heavy atom. The van der Waals surface area contributed by atoms with Gasteiger partial charge in [-0.1, -0.05) is 39.0 Å². The maximum absolute atomic E-state index is 11.5. The van der Waals surface area contributed by atoms with Gasteiger partial charge in [-0.25, -0.2) is 0 Å². The third-order valence-electron chi connectivity index (χ3n) is 3.09. The zero-order chi connectivity index (χ0) is 11.6. The summed E-state index contributed by atoms with van der Waals surface area (Å²) in [6, 6.07) is -0.0277. The summed E-state index contributed by atoms with van der Waals surface area (Å²) in [4.78, 5) is 11.5. The maximum Gasteiger partial charge on any atom is 0.323 e. The number of ether oxygens (including phenoxy) is 1. The average molecular weight is 264 g/mol. The highest BCUT2D eigenvalue weighted by molar-refractivity contribution is 5.85. The summed E-state index contributed by atoms with van der Waals surface area (Å²) in [6.07, 6.45) is 9.43. The van der Waals surface area contributed by atoms with Crippen molar-refractivity contribution in [3.05, 3.63) is 0 Å². The second kappa shape index (κ2) is 10.8. The van der Waals surface area contributed by atoms with Crippen LogP contribution in [0.4, 0.5) is 0 Å². The van der Waals surface area contributed by atoms with Crippen LogP contribution in [-0.4, -0.2) is 25.2 Å². The van der Waals surface area contributed by atoms with E-state index in [0.29, 0.717) is 6.61 Å². The van der Waals surface area contributed by atoms with Crippen molar-refractivity contribution >= 4 is 18.4 Å². The van der Waals surface area contributed by atoms with Gasteiger partial charge >= 0.3 is 5.97 Å². The predicted octanol–water partition coefficient (Wildman–Crippen LogP) is 3.06. The first-order chi connectivity index (χ1) is 7.84. The molecule has 1 saturated heterocycles. The van der Waals surface area contributed by atoms with Crippen molar-refractivity contribution < 1.29 is 9.53 Å². The molecule has 1 aliphatic heterocycles. The van der Waals surface area contributed by atoms with Gasteiger partial charge in [0.2, 0.25) is 0 Å². The first kappa shape index (κ1) is 16.7. The fourth-order valence-corrected chi connectivity index (χ4v) is 2.04. The summed E-state index contributed by atoms with van der Waals surface area (Å²) in [5, 5.41) is 3.15. The Morgan fingerprint density at radius 2 is 1.94 bits per heavy atom. The first-order valence-corrected chi connectivity index (χ1v) is 6.74. The monoisotopic (exact) mass is 263 g/mol. The van der Waals surface area contributed by atoms with Crippen molar-refractivity contribution in [2.45, 2.75) is 64.3 Å². The summed E-state index contributed by atoms with van der Waals surface area (Å²) in [5.41, 5.74) is 0. The van der Waals surface area contributed by atoms with E-state index in [1.54, 1.807) is 0 Å². The number of hydrogen-bond donors (Lipinski definition) is 1. The molecule has 0 aromatic heterocycles. The zero-order valence-corrected chi connectivity index (χ0v) is 11.7. The molecule has 1 heterocycles. The third kappa shape index (κ3) is 7.61. The van der Waals surface area contributed by atoms with Gasteiger partial charge in [-0.3, -0.25) is 4.79 Å². The molecule has 0 unspecified atom stereocenters. The topological polar surface area (TPSA) is 38.3 Å². The Bertz CT molecular complexity index is 194. The van der Waals surface area contributed by atoms with E-state index in [9.17, 15) is 4.79 Å². The minimum atomic E-state index is -0.0499. The largest absolute Gasteiger partial charge is 0.465 e. The van der Waals surface area contributed by atoms with Crippen molar-refractivity contribution in [2.24, 2.45) is 0 Å². The molecular formula is C13H26ClNO2. The second-order valence-corrected chi connectivity index (χ2v) is 4.58. The van der Waals surface area contributed by atoms with Crippen LogP contribution in [0.5, 0.6) is 0 Å². The Balaban J connectivity index is 0.00000256. The molecule has 0 aromatic carbocycles. The summed E-state index contributed by atoms with van der Waals surface area (Å²) in [7, 11) is 0. The quantitative estimate of drug-likeness (QED) is 0.540. The van der Waals surface area contributed by atoms with Crippen LogP contribution >= 0.6 is 12.4 Å². The number of hydrogen-bond acceptors (Lipinski definition) is 3. The molecule has 4 heteroatoms. The number of unbranched alkanes of at least 4 members (excludes halogenated alkanes) is 5. The highest BCUT2D eigenvalue weighted by atomic mass is 35.5. The molecular weight excluding hydrogens is 238 g/mol. The lowest BCUT2D eigenvalue weighted by molar-refractivity contribution is -0.145. The molecule has 1 fully saturated rings. The lowest BCUT2D eigenvalue weighted by Crippen LogP contribution is -2.32. The smallest absolute Gasteiger partial charge is 0.323 e. The number of nitrogens with one attached hydrogen (secondary N) is 1. The van der Waals surface area contributed by atoms with Crippen LogP contribution in [0.25, 0.3) is 0 Å². The fraction of sp³-hybridized carbons (Fsp3) is 0.923. The molecule has 0 bridgehead atoms. The number of rotatable bonds is 8. The van der Waals surface area contributed by atoms with E-state index in [1.807, 2.05) is 0 Å². The van der Waals surface area contributed by atoms with Gasteiger partial charge in [0.1, 0.15) is 6.04 Å². The van der Waals surface area contributed by atoms with Gasteiger partial charge in [-0.05, 0) is 25.8 Å². The summed E-state index contributed by atoms with van der Waals surface area (Å²) < 4.78 is 5.23. The number of halogens is 1. The molecule has 0 aromatic rings. The molecule has 1 aliphatic rings. The van der Waals surface area contributed by atoms with Crippen LogP contribution < -0.4 is 5.32 Å². The molecule has 0 radical (unpaired) electrons. The third-order valence-corrected chi connectivity index (χ3v) is 3.09. The van der Waals surface area contributed by atoms with Gasteiger partial charge in [-0.2, -0.15) is 0 Å². The first-order valence-electron chi connectivity index (χ1n) is 6.74. The number of esters is 1. The van der Waals surface area contributed by atoms with E-state index < -0.39 is 0 Å². The highest BCUT2D eigenvalue weighted by Crippen LogP contribution is 2.08. The van der Waals surface area contributed by atoms with Gasteiger partial charge in [0.25, 0.3) is 0 Å². The van der Waals surface area contributed by atoms with E-state index in [-0.39, 0.29) is 24.4 Å². The zero-order valence-electron chi connectivity index (χ0n) is 10.9. The van der Waals surface area contributed by atoms with Crippen LogP contribution in [0.15, 0.2) is 0 Å². The molecule has 0 spiro atoms. The van der Waals surface area contributed by atoms with Crippen molar-refractivity contribution in [1.29, 1.82) is 0 Å². The Morgan fingerprint density at radius 1 is 1.24 bits per heavy atom. The lowest BCUT2D eigenvalue weighted by Gasteiger charge is -2.09. The normalized spacial score (nSPS) is 18.8. The van der Waals surface area contributed by atoms with Crippen LogP contribution in [0.2, 0.25) is 0 Å². The minimum absolute atomic E-state index is 0. The van der Waals surface area contributed by atoms with Crippen LogP contribution in [0.3, 0.4) is 0 Å². The van der Waals surface area contributed by atoms with Gasteiger partial charge in [0, 0.05) is 0 Å². The molecule has 17 heavy (non-hydrogen) atoms. The number of carbonyl (C=O) groups excluding carboxylic acids is 1. The van der Waals surface area contributed by atoms with Crippen LogP contribution in [0.1, 0.15) is 58.3 Å². The molecule has 1 N–H and O–H groups in total. The van der Waals surface area contributed by atoms with E-state index in [0.717, 1.165) is 25.8 Å². The fourth-order valence-electron chi connectivity index (χ4n) is 2.04. The summed E-state index contributed by atoms with van der Waals surface area (Å²) >= 11 is 0. The lowest BCUT2D eigenvalue weighted by atomic mass is 10.1. The van der Waals surface area contributed by atoms with Gasteiger partial charge in [-0.15, -0.1) is 12.4 Å². The average Bonchev–Trinajstić information content (AvgIpc) is 2.81. The van der Waals surface area contributed by atoms with Crippen molar-refractivity contribution in [3.63, 3.8) is 0 Å². The Kier molecular flexibility index (Phi) is 10.7. The molecule has 0 saturated carbocycles. The number of carbonyl (C=O) groups is 1. The van der Waals surface area contributed by atoms with E-state index in [4.69, 9.17) is 4.74 Å².